The molecule has 8 nitrogen and oxygen atoms in total. The molecular weight excluding hydrogens is 391 g/mol. The molecule has 0 unspecified atom stereocenters. The molecule has 28 heavy (non-hydrogen) atoms. The van der Waals surface area contributed by atoms with Crippen molar-refractivity contribution in [2.24, 2.45) is 0 Å². The molecule has 0 saturated heterocycles. The van der Waals surface area contributed by atoms with Crippen LogP contribution in [0.5, 0.6) is 5.75 Å². The number of carbonyl (C=O) groups excluding carboxylic acids is 2. The average Bonchev–Trinajstić information content (AvgIpc) is 2.65. The van der Waals surface area contributed by atoms with E-state index in [4.69, 9.17) is 9.47 Å². The molecule has 0 aromatic heterocycles. The van der Waals surface area contributed by atoms with Gasteiger partial charge in [0, 0.05) is 0 Å². The summed E-state index contributed by atoms with van der Waals surface area (Å²) in [7, 11) is -2.78. The highest BCUT2D eigenvalue weighted by Crippen LogP contribution is 2.25. The number of benzene rings is 2. The van der Waals surface area contributed by atoms with Gasteiger partial charge in [-0.25, -0.2) is 12.8 Å². The number of aryl methyl sites for hydroxylation is 1. The van der Waals surface area contributed by atoms with Gasteiger partial charge >= 0.3 is 5.97 Å². The van der Waals surface area contributed by atoms with Gasteiger partial charge in [0.2, 0.25) is 10.0 Å². The number of halogens is 1. The lowest BCUT2D eigenvalue weighted by molar-refractivity contribution is -0.146. The van der Waals surface area contributed by atoms with Crippen molar-refractivity contribution < 1.29 is 31.9 Å². The van der Waals surface area contributed by atoms with Crippen LogP contribution >= 0.6 is 0 Å². The van der Waals surface area contributed by atoms with Gasteiger partial charge in [-0.3, -0.25) is 9.59 Å². The summed E-state index contributed by atoms with van der Waals surface area (Å²) in [6, 6.07) is 9.89. The fraction of sp³-hybridized carbons (Fsp3) is 0.222. The second kappa shape index (κ2) is 9.29. The zero-order valence-electron chi connectivity index (χ0n) is 15.2. The van der Waals surface area contributed by atoms with Gasteiger partial charge in [-0.1, -0.05) is 18.2 Å². The van der Waals surface area contributed by atoms with Crippen LogP contribution in [0.15, 0.2) is 47.4 Å². The molecule has 2 N–H and O–H groups in total. The number of amides is 1. The van der Waals surface area contributed by atoms with Gasteiger partial charge in [0.05, 0.1) is 12.8 Å². The molecule has 2 aromatic rings. The van der Waals surface area contributed by atoms with E-state index in [0.29, 0.717) is 11.4 Å². The van der Waals surface area contributed by atoms with Crippen LogP contribution in [0.1, 0.15) is 5.56 Å². The van der Waals surface area contributed by atoms with Crippen LogP contribution in [0.2, 0.25) is 0 Å². The molecule has 0 atom stereocenters. The molecule has 150 valence electrons. The number of hydrogen-bond acceptors (Lipinski definition) is 6. The normalized spacial score (nSPS) is 11.0. The number of carbonyl (C=O) groups is 2. The van der Waals surface area contributed by atoms with Crippen LogP contribution in [0.3, 0.4) is 0 Å². The number of ether oxygens (including phenoxy) is 2. The number of hydrogen-bond donors (Lipinski definition) is 2. The van der Waals surface area contributed by atoms with E-state index >= 15 is 0 Å². The Morgan fingerprint density at radius 3 is 2.54 bits per heavy atom. The standard InChI is InChI=1S/C18H19FN2O6S/c1-12-7-8-15(26-2)14(9-12)21-17(22)11-27-18(23)10-20-28(24,25)16-6-4-3-5-13(16)19/h3-9,20H,10-11H2,1-2H3,(H,21,22). The smallest absolute Gasteiger partial charge is 0.321 e. The second-order valence-corrected chi connectivity index (χ2v) is 7.40. The van der Waals surface area contributed by atoms with E-state index in [1.54, 1.807) is 18.2 Å². The van der Waals surface area contributed by atoms with E-state index in [-0.39, 0.29) is 0 Å². The minimum atomic E-state index is -4.23. The maximum atomic E-state index is 13.6. The Bertz CT molecular complexity index is 978. The maximum absolute atomic E-state index is 13.6. The monoisotopic (exact) mass is 410 g/mol. The molecule has 0 bridgehead atoms. The molecule has 0 spiro atoms. The van der Waals surface area contributed by atoms with Gasteiger partial charge in [0.1, 0.15) is 23.0 Å². The summed E-state index contributed by atoms with van der Waals surface area (Å²) in [6.07, 6.45) is 0. The van der Waals surface area contributed by atoms with Crippen LogP contribution in [0.4, 0.5) is 10.1 Å². The number of methoxy groups -OCH3 is 1. The zero-order valence-corrected chi connectivity index (χ0v) is 16.0. The van der Waals surface area contributed by atoms with Crippen LogP contribution in [0.25, 0.3) is 0 Å². The van der Waals surface area contributed by atoms with Crippen molar-refractivity contribution in [2.45, 2.75) is 11.8 Å². The largest absolute Gasteiger partial charge is 0.495 e. The van der Waals surface area contributed by atoms with Gasteiger partial charge in [0.25, 0.3) is 5.91 Å². The number of nitrogens with one attached hydrogen (secondary N) is 2. The first-order valence-electron chi connectivity index (χ1n) is 8.07. The summed E-state index contributed by atoms with van der Waals surface area (Å²) < 4.78 is 49.3. The number of rotatable bonds is 8. The molecule has 1 amide bonds. The van der Waals surface area contributed by atoms with E-state index in [1.165, 1.54) is 19.2 Å². The summed E-state index contributed by atoms with van der Waals surface area (Å²) in [5, 5.41) is 2.53. The Kier molecular flexibility index (Phi) is 7.07. The molecule has 0 radical (unpaired) electrons. The summed E-state index contributed by atoms with van der Waals surface area (Å²) in [6.45, 7) is 0.450. The summed E-state index contributed by atoms with van der Waals surface area (Å²) >= 11 is 0. The first kappa shape index (κ1) is 21.3. The number of sulfonamides is 1. The Morgan fingerprint density at radius 1 is 1.14 bits per heavy atom. The average molecular weight is 410 g/mol. The Morgan fingerprint density at radius 2 is 1.86 bits per heavy atom. The molecule has 2 rings (SSSR count). The third kappa shape index (κ3) is 5.76. The van der Waals surface area contributed by atoms with Crippen molar-refractivity contribution in [1.82, 2.24) is 4.72 Å². The lowest BCUT2D eigenvalue weighted by Crippen LogP contribution is -2.32. The summed E-state index contributed by atoms with van der Waals surface area (Å²) in [5.41, 5.74) is 1.29. The lowest BCUT2D eigenvalue weighted by atomic mass is 10.2. The van der Waals surface area contributed by atoms with Crippen LogP contribution < -0.4 is 14.8 Å². The maximum Gasteiger partial charge on any atom is 0.321 e. The highest BCUT2D eigenvalue weighted by molar-refractivity contribution is 7.89. The fourth-order valence-electron chi connectivity index (χ4n) is 2.20. The number of esters is 1. The van der Waals surface area contributed by atoms with Crippen LogP contribution in [-0.4, -0.2) is 40.6 Å². The van der Waals surface area contributed by atoms with Gasteiger partial charge in [0.15, 0.2) is 6.61 Å². The van der Waals surface area contributed by atoms with Crippen molar-refractivity contribution in [3.05, 3.63) is 53.8 Å². The van der Waals surface area contributed by atoms with Gasteiger partial charge in [-0.15, -0.1) is 0 Å². The third-order valence-corrected chi connectivity index (χ3v) is 4.96. The highest BCUT2D eigenvalue weighted by Gasteiger charge is 2.20. The van der Waals surface area contributed by atoms with Gasteiger partial charge in [-0.2, -0.15) is 4.72 Å². The van der Waals surface area contributed by atoms with Crippen LogP contribution in [-0.2, 0) is 24.3 Å². The molecule has 0 fully saturated rings. The minimum absolute atomic E-state index is 0.406. The first-order valence-corrected chi connectivity index (χ1v) is 9.55. The van der Waals surface area contributed by atoms with E-state index in [1.807, 2.05) is 11.6 Å². The SMILES string of the molecule is COc1ccc(C)cc1NC(=O)COC(=O)CNS(=O)(=O)c1ccccc1F. The second-order valence-electron chi connectivity index (χ2n) is 5.67. The Hall–Kier alpha value is -2.98. The molecule has 0 aliphatic heterocycles. The van der Waals surface area contributed by atoms with E-state index in [9.17, 15) is 22.4 Å². The van der Waals surface area contributed by atoms with E-state index in [2.05, 4.69) is 5.32 Å². The van der Waals surface area contributed by atoms with Crippen molar-refractivity contribution in [1.29, 1.82) is 0 Å². The van der Waals surface area contributed by atoms with Crippen molar-refractivity contribution in [3.63, 3.8) is 0 Å². The van der Waals surface area contributed by atoms with Crippen LogP contribution in [0, 0.1) is 12.7 Å². The minimum Gasteiger partial charge on any atom is -0.495 e. The first-order chi connectivity index (χ1) is 13.2. The third-order valence-electron chi connectivity index (χ3n) is 3.53. The predicted octanol–water partition coefficient (Wildman–Crippen LogP) is 1.60. The van der Waals surface area contributed by atoms with Gasteiger partial charge < -0.3 is 14.8 Å². The molecule has 2 aromatic carbocycles. The van der Waals surface area contributed by atoms with Crippen molar-refractivity contribution in [2.75, 3.05) is 25.6 Å². The van der Waals surface area contributed by atoms with Crippen molar-refractivity contribution in [3.8, 4) is 5.75 Å². The molecule has 0 aliphatic carbocycles. The van der Waals surface area contributed by atoms with Crippen molar-refractivity contribution >= 4 is 27.6 Å². The molecular formula is C18H19FN2O6S. The van der Waals surface area contributed by atoms with E-state index < -0.39 is 45.8 Å². The number of anilines is 1. The fourth-order valence-corrected chi connectivity index (χ4v) is 3.24. The Balaban J connectivity index is 1.86. The highest BCUT2D eigenvalue weighted by atomic mass is 32.2. The topological polar surface area (TPSA) is 111 Å². The Labute approximate surface area is 161 Å². The quantitative estimate of drug-likeness (QED) is 0.640. The lowest BCUT2D eigenvalue weighted by Gasteiger charge is -2.11. The summed E-state index contributed by atoms with van der Waals surface area (Å²) in [5.74, 6) is -2.14. The van der Waals surface area contributed by atoms with E-state index in [0.717, 1.165) is 17.7 Å². The summed E-state index contributed by atoms with van der Waals surface area (Å²) in [4.78, 5) is 23.0. The molecule has 0 heterocycles. The zero-order chi connectivity index (χ0) is 20.7. The molecule has 10 heteroatoms. The molecule has 0 saturated carbocycles. The molecule has 0 aliphatic rings. The predicted molar refractivity (Wildman–Crippen MR) is 98.9 cm³/mol. The van der Waals surface area contributed by atoms with Gasteiger partial charge in [-0.05, 0) is 36.8 Å².